The van der Waals surface area contributed by atoms with Crippen molar-refractivity contribution in [2.24, 2.45) is 0 Å². The lowest BCUT2D eigenvalue weighted by atomic mass is 9.75. The molecule has 0 fully saturated rings. The first-order chi connectivity index (χ1) is 11.0. The van der Waals surface area contributed by atoms with Crippen molar-refractivity contribution in [2.75, 3.05) is 7.11 Å². The molecule has 23 heavy (non-hydrogen) atoms. The second-order valence-corrected chi connectivity index (χ2v) is 6.68. The third-order valence-electron chi connectivity index (χ3n) is 4.87. The molecule has 0 spiro atoms. The van der Waals surface area contributed by atoms with Crippen molar-refractivity contribution >= 4 is 0 Å². The number of aryl methyl sites for hydroxylation is 2. The molecule has 0 N–H and O–H groups in total. The van der Waals surface area contributed by atoms with E-state index < -0.39 is 5.60 Å². The van der Waals surface area contributed by atoms with Crippen molar-refractivity contribution in [2.45, 2.75) is 31.8 Å². The summed E-state index contributed by atoms with van der Waals surface area (Å²) in [6, 6.07) is 17.3. The Labute approximate surface area is 139 Å². The number of rotatable bonds is 3. The van der Waals surface area contributed by atoms with Gasteiger partial charge in [0.1, 0.15) is 5.60 Å². The fourth-order valence-corrected chi connectivity index (χ4v) is 3.07. The summed E-state index contributed by atoms with van der Waals surface area (Å²) in [6.45, 7) is 6.45. The fourth-order valence-electron chi connectivity index (χ4n) is 3.07. The number of methoxy groups -OCH3 is 1. The van der Waals surface area contributed by atoms with Crippen LogP contribution in [0, 0.1) is 13.8 Å². The third-order valence-corrected chi connectivity index (χ3v) is 4.87. The molecule has 1 nitrogen and oxygen atoms in total. The van der Waals surface area contributed by atoms with E-state index in [1.807, 2.05) is 0 Å². The van der Waals surface area contributed by atoms with Crippen LogP contribution in [0.5, 0.6) is 0 Å². The van der Waals surface area contributed by atoms with Gasteiger partial charge in [-0.15, -0.1) is 0 Å². The highest BCUT2D eigenvalue weighted by atomic mass is 16.5. The van der Waals surface area contributed by atoms with Crippen molar-refractivity contribution in [1.82, 2.24) is 0 Å². The molecule has 3 rings (SSSR count). The lowest BCUT2D eigenvalue weighted by molar-refractivity contribution is 0.0699. The van der Waals surface area contributed by atoms with Crippen molar-refractivity contribution < 1.29 is 4.74 Å². The zero-order chi connectivity index (χ0) is 16.5. The van der Waals surface area contributed by atoms with Crippen LogP contribution in [0.25, 0.3) is 0 Å². The summed E-state index contributed by atoms with van der Waals surface area (Å²) < 4.78 is 5.88. The molecule has 0 saturated carbocycles. The third kappa shape index (κ3) is 2.89. The summed E-state index contributed by atoms with van der Waals surface area (Å²) >= 11 is 0. The van der Waals surface area contributed by atoms with Gasteiger partial charge in [0.15, 0.2) is 0 Å². The van der Waals surface area contributed by atoms with Gasteiger partial charge in [-0.1, -0.05) is 71.8 Å². The molecule has 0 aromatic heterocycles. The highest BCUT2D eigenvalue weighted by Crippen LogP contribution is 2.38. The Balaban J connectivity index is 1.96. The van der Waals surface area contributed by atoms with E-state index in [1.54, 1.807) is 7.11 Å². The van der Waals surface area contributed by atoms with Gasteiger partial charge < -0.3 is 4.74 Å². The zero-order valence-corrected chi connectivity index (χ0v) is 14.3. The fraction of sp³-hybridized carbons (Fsp3) is 0.273. The van der Waals surface area contributed by atoms with Crippen LogP contribution >= 0.6 is 0 Å². The molecule has 0 amide bonds. The van der Waals surface area contributed by atoms with Crippen LogP contribution in [0.15, 0.2) is 72.8 Å². The molecule has 0 radical (unpaired) electrons. The van der Waals surface area contributed by atoms with Gasteiger partial charge in [-0.05, 0) is 44.1 Å². The Morgan fingerprint density at radius 2 is 1.09 bits per heavy atom. The van der Waals surface area contributed by atoms with E-state index in [0.717, 1.165) is 5.56 Å². The second-order valence-electron chi connectivity index (χ2n) is 6.68. The Kier molecular flexibility index (Phi) is 3.99. The number of hydrogen-bond acceptors (Lipinski definition) is 1. The predicted octanol–water partition coefficient (Wildman–Crippen LogP) is 5.23. The van der Waals surface area contributed by atoms with Crippen molar-refractivity contribution in [3.63, 3.8) is 0 Å². The van der Waals surface area contributed by atoms with E-state index >= 15 is 0 Å². The smallest absolute Gasteiger partial charge is 0.129 e. The molecule has 0 aliphatic heterocycles. The minimum atomic E-state index is -0.474. The largest absolute Gasteiger partial charge is 0.365 e. The number of benzene rings is 2. The quantitative estimate of drug-likeness (QED) is 0.706. The average Bonchev–Trinajstić information content (AvgIpc) is 2.57. The Morgan fingerprint density at radius 3 is 1.52 bits per heavy atom. The highest BCUT2D eigenvalue weighted by Gasteiger charge is 2.33. The van der Waals surface area contributed by atoms with Gasteiger partial charge in [0, 0.05) is 12.5 Å². The van der Waals surface area contributed by atoms with E-state index in [4.69, 9.17) is 4.74 Å². The van der Waals surface area contributed by atoms with Gasteiger partial charge >= 0.3 is 0 Å². The maximum Gasteiger partial charge on any atom is 0.129 e. The zero-order valence-electron chi connectivity index (χ0n) is 14.3. The first-order valence-corrected chi connectivity index (χ1v) is 8.08. The minimum absolute atomic E-state index is 0.0968. The van der Waals surface area contributed by atoms with E-state index in [1.165, 1.54) is 16.7 Å². The highest BCUT2D eigenvalue weighted by molar-refractivity contribution is 5.45. The van der Waals surface area contributed by atoms with E-state index in [2.05, 4.69) is 93.6 Å². The van der Waals surface area contributed by atoms with Gasteiger partial charge in [0.25, 0.3) is 0 Å². The minimum Gasteiger partial charge on any atom is -0.365 e. The summed E-state index contributed by atoms with van der Waals surface area (Å²) in [5, 5.41) is 0. The number of allylic oxidation sites excluding steroid dienone is 2. The number of ether oxygens (including phenoxy) is 1. The Hall–Kier alpha value is -2.12. The summed E-state index contributed by atoms with van der Waals surface area (Å²) in [4.78, 5) is 0. The predicted molar refractivity (Wildman–Crippen MR) is 96.7 cm³/mol. The first-order valence-electron chi connectivity index (χ1n) is 8.08. The molecule has 0 heterocycles. The van der Waals surface area contributed by atoms with Crippen molar-refractivity contribution in [1.29, 1.82) is 0 Å². The average molecular weight is 304 g/mol. The SMILES string of the molecule is COC1(c2ccc(C)cc2)C=CC(C)(c2ccc(C)cc2)C=C1. The molecule has 0 atom stereocenters. The van der Waals surface area contributed by atoms with Crippen LogP contribution in [0.1, 0.15) is 29.2 Å². The van der Waals surface area contributed by atoms with Crippen LogP contribution in [0.2, 0.25) is 0 Å². The van der Waals surface area contributed by atoms with Crippen molar-refractivity contribution in [3.05, 3.63) is 95.1 Å². The lowest BCUT2D eigenvalue weighted by Gasteiger charge is -2.35. The maximum atomic E-state index is 5.88. The van der Waals surface area contributed by atoms with Crippen molar-refractivity contribution in [3.8, 4) is 0 Å². The van der Waals surface area contributed by atoms with Gasteiger partial charge in [-0.2, -0.15) is 0 Å². The maximum absolute atomic E-state index is 5.88. The molecule has 1 aliphatic rings. The molecule has 0 bridgehead atoms. The molecular formula is C22H24O. The Bertz CT molecular complexity index is 719. The molecule has 0 saturated heterocycles. The van der Waals surface area contributed by atoms with Crippen LogP contribution in [0.3, 0.4) is 0 Å². The normalized spacial score (nSPS) is 26.4. The van der Waals surface area contributed by atoms with E-state index in [-0.39, 0.29) is 5.41 Å². The molecule has 1 heteroatoms. The molecular weight excluding hydrogens is 280 g/mol. The van der Waals surface area contributed by atoms with Crippen LogP contribution in [-0.4, -0.2) is 7.11 Å². The van der Waals surface area contributed by atoms with Gasteiger partial charge in [-0.3, -0.25) is 0 Å². The topological polar surface area (TPSA) is 9.23 Å². The summed E-state index contributed by atoms with van der Waals surface area (Å²) in [6.07, 6.45) is 8.86. The molecule has 2 aromatic carbocycles. The second kappa shape index (κ2) is 5.82. The standard InChI is InChI=1S/C22H24O/c1-17-5-9-19(10-6-17)21(3)13-15-22(23-4,16-14-21)20-11-7-18(2)8-12-20/h5-16H,1-4H3. The summed E-state index contributed by atoms with van der Waals surface area (Å²) in [5.41, 5.74) is 4.42. The first kappa shape index (κ1) is 15.8. The van der Waals surface area contributed by atoms with Crippen LogP contribution in [-0.2, 0) is 15.8 Å². The van der Waals surface area contributed by atoms with Crippen LogP contribution < -0.4 is 0 Å². The van der Waals surface area contributed by atoms with E-state index in [0.29, 0.717) is 0 Å². The monoisotopic (exact) mass is 304 g/mol. The molecule has 118 valence electrons. The summed E-state index contributed by atoms with van der Waals surface area (Å²) in [7, 11) is 1.77. The van der Waals surface area contributed by atoms with Crippen LogP contribution in [0.4, 0.5) is 0 Å². The molecule has 0 unspecified atom stereocenters. The molecule has 1 aliphatic carbocycles. The lowest BCUT2D eigenvalue weighted by Crippen LogP contribution is -2.30. The summed E-state index contributed by atoms with van der Waals surface area (Å²) in [5.74, 6) is 0. The van der Waals surface area contributed by atoms with E-state index in [9.17, 15) is 0 Å². The van der Waals surface area contributed by atoms with Gasteiger partial charge in [0.2, 0.25) is 0 Å². The molecule has 2 aromatic rings. The number of hydrogen-bond donors (Lipinski definition) is 0. The van der Waals surface area contributed by atoms with Gasteiger partial charge in [0.05, 0.1) is 0 Å². The van der Waals surface area contributed by atoms with Gasteiger partial charge in [-0.25, -0.2) is 0 Å². The Morgan fingerprint density at radius 1 is 0.652 bits per heavy atom.